The Balaban J connectivity index is 3.87. The molecule has 0 heterocycles. The number of carbonyl (C=O) groups is 1. The van der Waals surface area contributed by atoms with E-state index in [0.29, 0.717) is 0 Å². The summed E-state index contributed by atoms with van der Waals surface area (Å²) in [6.45, 7) is -1.01. The molecule has 3 N–H and O–H groups in total. The normalized spacial score (nSPS) is 16.0. The van der Waals surface area contributed by atoms with E-state index in [9.17, 15) is 9.36 Å². The Morgan fingerprint density at radius 1 is 1.47 bits per heavy atom. The number of hydrogen-bond acceptors (Lipinski definition) is 4. The predicted octanol–water partition coefficient (Wildman–Crippen LogP) is 1.19. The summed E-state index contributed by atoms with van der Waals surface area (Å²) in [5.74, 6) is -1.16. The van der Waals surface area contributed by atoms with E-state index < -0.39 is 36.8 Å². The van der Waals surface area contributed by atoms with Crippen molar-refractivity contribution in [2.45, 2.75) is 3.79 Å². The van der Waals surface area contributed by atoms with Crippen molar-refractivity contribution in [1.82, 2.24) is 5.32 Å². The Morgan fingerprint density at radius 3 is 2.40 bits per heavy atom. The number of nitrogens with one attached hydrogen (secondary N) is 1. The lowest BCUT2D eigenvalue weighted by Crippen LogP contribution is -2.24. The molecule has 0 aromatic carbocycles. The fourth-order valence-corrected chi connectivity index (χ4v) is 1.80. The first-order valence-corrected chi connectivity index (χ1v) is 6.48. The summed E-state index contributed by atoms with van der Waals surface area (Å²) in [6.07, 6.45) is -0.528. The van der Waals surface area contributed by atoms with Gasteiger partial charge in [-0.3, -0.25) is 14.7 Å². The zero-order chi connectivity index (χ0) is 12.1. The van der Waals surface area contributed by atoms with Crippen LogP contribution in [0.1, 0.15) is 0 Å². The van der Waals surface area contributed by atoms with Gasteiger partial charge in [-0.2, -0.15) is 0 Å². The smallest absolute Gasteiger partial charge is 0.341 e. The highest BCUT2D eigenvalue weighted by Gasteiger charge is 2.27. The quantitative estimate of drug-likeness (QED) is 0.504. The van der Waals surface area contributed by atoms with E-state index in [1.54, 1.807) is 0 Å². The minimum absolute atomic E-state index is 0.457. The van der Waals surface area contributed by atoms with Crippen LogP contribution in [0.25, 0.3) is 0 Å². The number of carboxylic acids is 1. The van der Waals surface area contributed by atoms with Crippen molar-refractivity contribution < 1.29 is 23.9 Å². The number of aliphatic carboxylic acids is 1. The average molecular weight is 300 g/mol. The van der Waals surface area contributed by atoms with Gasteiger partial charge in [-0.15, -0.1) is 0 Å². The van der Waals surface area contributed by atoms with Gasteiger partial charge in [-0.05, 0) is 0 Å². The summed E-state index contributed by atoms with van der Waals surface area (Å²) in [4.78, 5) is 19.2. The van der Waals surface area contributed by atoms with Crippen molar-refractivity contribution in [3.8, 4) is 0 Å². The van der Waals surface area contributed by atoms with E-state index in [1.165, 1.54) is 0 Å². The molecule has 0 bridgehead atoms. The second-order valence-electron chi connectivity index (χ2n) is 2.50. The second-order valence-corrected chi connectivity index (χ2v) is 6.87. The van der Waals surface area contributed by atoms with Crippen molar-refractivity contribution in [1.29, 1.82) is 0 Å². The van der Waals surface area contributed by atoms with Gasteiger partial charge in [0.2, 0.25) is 3.79 Å². The fourth-order valence-electron chi connectivity index (χ4n) is 0.524. The van der Waals surface area contributed by atoms with Crippen LogP contribution in [0.5, 0.6) is 0 Å². The zero-order valence-corrected chi connectivity index (χ0v) is 10.5. The Bertz CT molecular complexity index is 268. The molecule has 0 spiro atoms. The highest BCUT2D eigenvalue weighted by atomic mass is 35.6. The van der Waals surface area contributed by atoms with Crippen molar-refractivity contribution >= 4 is 48.4 Å². The molecule has 0 aromatic rings. The third kappa shape index (κ3) is 10.7. The lowest BCUT2D eigenvalue weighted by atomic mass is 10.7. The first kappa shape index (κ1) is 15.4. The standard InChI is InChI=1S/C5H9Cl3NO5P/c6-5(7,8)2-14-15(12,13)3-9-1-4(10)11/h9H,1-3H2,(H,10,11)(H,12,13). The van der Waals surface area contributed by atoms with Gasteiger partial charge in [0, 0.05) is 0 Å². The van der Waals surface area contributed by atoms with Gasteiger partial charge < -0.3 is 14.5 Å². The number of hydrogen-bond donors (Lipinski definition) is 3. The van der Waals surface area contributed by atoms with Gasteiger partial charge in [0.15, 0.2) is 0 Å². The molecule has 0 amide bonds. The Kier molecular flexibility index (Phi) is 6.44. The SMILES string of the molecule is O=C(O)CNCP(=O)(O)OCC(Cl)(Cl)Cl. The van der Waals surface area contributed by atoms with E-state index in [0.717, 1.165) is 0 Å². The third-order valence-electron chi connectivity index (χ3n) is 1.02. The first-order chi connectivity index (χ1) is 6.62. The maximum absolute atomic E-state index is 11.1. The van der Waals surface area contributed by atoms with Crippen LogP contribution in [0, 0.1) is 0 Å². The molecule has 0 rings (SSSR count). The van der Waals surface area contributed by atoms with Crippen LogP contribution in [-0.4, -0.2) is 39.2 Å². The first-order valence-electron chi connectivity index (χ1n) is 3.58. The van der Waals surface area contributed by atoms with Crippen LogP contribution < -0.4 is 5.32 Å². The van der Waals surface area contributed by atoms with Crippen LogP contribution in [0.2, 0.25) is 0 Å². The number of carboxylic acid groups (broad SMARTS) is 1. The molecule has 0 aromatic heterocycles. The summed E-state index contributed by atoms with van der Waals surface area (Å²) < 4.78 is 13.8. The van der Waals surface area contributed by atoms with Crippen LogP contribution in [0.4, 0.5) is 0 Å². The Labute approximate surface area is 101 Å². The lowest BCUT2D eigenvalue weighted by Gasteiger charge is -2.15. The minimum atomic E-state index is -3.97. The van der Waals surface area contributed by atoms with Crippen LogP contribution in [0.15, 0.2) is 0 Å². The van der Waals surface area contributed by atoms with Gasteiger partial charge in [0.1, 0.15) is 6.61 Å². The summed E-state index contributed by atoms with van der Waals surface area (Å²) in [5, 5.41) is 10.4. The van der Waals surface area contributed by atoms with E-state index in [-0.39, 0.29) is 0 Å². The van der Waals surface area contributed by atoms with Crippen LogP contribution in [0.3, 0.4) is 0 Å². The molecular weight excluding hydrogens is 291 g/mol. The van der Waals surface area contributed by atoms with Gasteiger partial charge in [-0.1, -0.05) is 34.8 Å². The van der Waals surface area contributed by atoms with E-state index in [1.807, 2.05) is 0 Å². The lowest BCUT2D eigenvalue weighted by molar-refractivity contribution is -0.135. The molecule has 0 saturated heterocycles. The maximum Gasteiger partial charge on any atom is 0.341 e. The molecule has 0 aliphatic rings. The summed E-state index contributed by atoms with van der Waals surface area (Å²) in [5.41, 5.74) is 0. The summed E-state index contributed by atoms with van der Waals surface area (Å²) in [7, 11) is -3.97. The van der Waals surface area contributed by atoms with Crippen molar-refractivity contribution in [3.63, 3.8) is 0 Å². The molecule has 90 valence electrons. The maximum atomic E-state index is 11.1. The topological polar surface area (TPSA) is 95.9 Å². The number of halogens is 3. The van der Waals surface area contributed by atoms with E-state index in [2.05, 4.69) is 9.84 Å². The molecule has 0 saturated carbocycles. The van der Waals surface area contributed by atoms with E-state index in [4.69, 9.17) is 44.8 Å². The molecular formula is C5H9Cl3NO5P. The summed E-state index contributed by atoms with van der Waals surface area (Å²) in [6, 6.07) is 0. The third-order valence-corrected chi connectivity index (χ3v) is 2.50. The molecule has 6 nitrogen and oxygen atoms in total. The molecule has 0 aliphatic carbocycles. The minimum Gasteiger partial charge on any atom is -0.480 e. The second kappa shape index (κ2) is 6.25. The zero-order valence-electron chi connectivity index (χ0n) is 7.32. The van der Waals surface area contributed by atoms with E-state index >= 15 is 0 Å². The number of rotatable bonds is 6. The summed E-state index contributed by atoms with van der Waals surface area (Å²) >= 11 is 15.8. The van der Waals surface area contributed by atoms with Crippen LogP contribution >= 0.6 is 42.4 Å². The van der Waals surface area contributed by atoms with Crippen molar-refractivity contribution in [2.75, 3.05) is 19.4 Å². The van der Waals surface area contributed by atoms with Crippen LogP contribution in [-0.2, 0) is 13.9 Å². The fraction of sp³-hybridized carbons (Fsp3) is 0.800. The largest absolute Gasteiger partial charge is 0.480 e. The Hall–Kier alpha value is 0.450. The highest BCUT2D eigenvalue weighted by molar-refractivity contribution is 7.52. The molecule has 0 fully saturated rings. The van der Waals surface area contributed by atoms with Crippen molar-refractivity contribution in [2.24, 2.45) is 0 Å². The molecule has 10 heteroatoms. The molecule has 15 heavy (non-hydrogen) atoms. The molecule has 1 atom stereocenters. The molecule has 0 aliphatic heterocycles. The van der Waals surface area contributed by atoms with Gasteiger partial charge >= 0.3 is 13.6 Å². The monoisotopic (exact) mass is 299 g/mol. The van der Waals surface area contributed by atoms with Gasteiger partial charge in [0.25, 0.3) is 0 Å². The average Bonchev–Trinajstić information content (AvgIpc) is 1.99. The molecule has 1 unspecified atom stereocenters. The highest BCUT2D eigenvalue weighted by Crippen LogP contribution is 2.43. The Morgan fingerprint density at radius 2 is 2.00 bits per heavy atom. The predicted molar refractivity (Wildman–Crippen MR) is 56.6 cm³/mol. The van der Waals surface area contributed by atoms with Crippen molar-refractivity contribution in [3.05, 3.63) is 0 Å². The van der Waals surface area contributed by atoms with Gasteiger partial charge in [0.05, 0.1) is 12.8 Å². The van der Waals surface area contributed by atoms with Gasteiger partial charge in [-0.25, -0.2) is 0 Å². The number of alkyl halides is 3. The molecule has 0 radical (unpaired) electrons.